The molecule has 0 spiro atoms. The molecule has 9 heteroatoms. The molecule has 0 aliphatic rings. The largest absolute Gasteiger partial charge is 0.461 e. The molecular formula is C11H5BrClF5N2. The Kier molecular flexibility index (Phi) is 3.66. The minimum Gasteiger partial charge on any atom is -0.225 e. The van der Waals surface area contributed by atoms with Gasteiger partial charge in [-0.2, -0.15) is 22.0 Å². The first-order valence-electron chi connectivity index (χ1n) is 5.12. The number of rotatable bonds is 1. The highest BCUT2D eigenvalue weighted by atomic mass is 79.9. The number of benzene rings is 1. The molecule has 1 aromatic carbocycles. The van der Waals surface area contributed by atoms with Crippen LogP contribution in [0.1, 0.15) is 11.4 Å². The van der Waals surface area contributed by atoms with Crippen LogP contribution in [0.5, 0.6) is 0 Å². The molecule has 1 heterocycles. The van der Waals surface area contributed by atoms with Gasteiger partial charge in [0.25, 0.3) is 0 Å². The van der Waals surface area contributed by atoms with Gasteiger partial charge in [-0.1, -0.05) is 11.6 Å². The molecule has 0 amide bonds. The van der Waals surface area contributed by atoms with E-state index in [4.69, 9.17) is 11.6 Å². The summed E-state index contributed by atoms with van der Waals surface area (Å²) in [5, 5.41) is -0.265. The molecule has 0 saturated carbocycles. The number of alkyl halides is 5. The van der Waals surface area contributed by atoms with Crippen molar-refractivity contribution < 1.29 is 22.0 Å². The van der Waals surface area contributed by atoms with Crippen LogP contribution < -0.4 is 0 Å². The minimum absolute atomic E-state index is 0.102. The fraction of sp³-hybridized carbons (Fsp3) is 0.273. The Balaban J connectivity index is 2.77. The van der Waals surface area contributed by atoms with E-state index in [9.17, 15) is 22.0 Å². The molecule has 0 fully saturated rings. The first-order chi connectivity index (χ1) is 9.04. The summed E-state index contributed by atoms with van der Waals surface area (Å²) < 4.78 is 63.8. The maximum Gasteiger partial charge on any atom is 0.461 e. The van der Waals surface area contributed by atoms with Crippen LogP contribution in [0.15, 0.2) is 16.6 Å². The second-order valence-corrected chi connectivity index (χ2v) is 5.27. The highest BCUT2D eigenvalue weighted by Crippen LogP contribution is 2.43. The summed E-state index contributed by atoms with van der Waals surface area (Å²) in [6.45, 7) is 1.71. The van der Waals surface area contributed by atoms with Crippen LogP contribution in [0.3, 0.4) is 0 Å². The molecule has 0 radical (unpaired) electrons. The number of nitrogens with zero attached hydrogens (tertiary/aromatic N) is 2. The van der Waals surface area contributed by atoms with Crippen LogP contribution in [0.25, 0.3) is 10.9 Å². The molecular weight excluding hydrogens is 370 g/mol. The van der Waals surface area contributed by atoms with Crippen molar-refractivity contribution in [1.29, 1.82) is 0 Å². The zero-order chi connectivity index (χ0) is 15.3. The molecule has 0 atom stereocenters. The maximum absolute atomic E-state index is 13.3. The smallest absolute Gasteiger partial charge is 0.225 e. The normalized spacial score (nSPS) is 13.0. The summed E-state index contributed by atoms with van der Waals surface area (Å²) in [5.74, 6) is -6.85. The molecule has 0 saturated heterocycles. The fourth-order valence-corrected chi connectivity index (χ4v) is 2.44. The van der Waals surface area contributed by atoms with E-state index >= 15 is 0 Å². The molecule has 0 N–H and O–H groups in total. The molecule has 20 heavy (non-hydrogen) atoms. The molecule has 2 nitrogen and oxygen atoms in total. The SMILES string of the molecule is Cc1cc(Br)c2nc(C(F)(F)C(F)(F)F)nc(Cl)c2c1. The van der Waals surface area contributed by atoms with Crippen LogP contribution in [-0.4, -0.2) is 16.1 Å². The molecule has 0 unspecified atom stereocenters. The van der Waals surface area contributed by atoms with Crippen molar-refractivity contribution in [2.75, 3.05) is 0 Å². The number of hydrogen-bond donors (Lipinski definition) is 0. The Hall–Kier alpha value is -1.02. The van der Waals surface area contributed by atoms with E-state index in [2.05, 4.69) is 25.9 Å². The number of hydrogen-bond acceptors (Lipinski definition) is 2. The van der Waals surface area contributed by atoms with Gasteiger partial charge in [0, 0.05) is 9.86 Å². The topological polar surface area (TPSA) is 25.8 Å². The van der Waals surface area contributed by atoms with Crippen molar-refractivity contribution >= 4 is 38.4 Å². The van der Waals surface area contributed by atoms with Crippen LogP contribution in [0, 0.1) is 6.92 Å². The van der Waals surface area contributed by atoms with Crippen molar-refractivity contribution in [2.24, 2.45) is 0 Å². The third-order valence-corrected chi connectivity index (χ3v) is 3.38. The predicted octanol–water partition coefficient (Wildman–Crippen LogP) is 5.01. The lowest BCUT2D eigenvalue weighted by Gasteiger charge is -2.18. The van der Waals surface area contributed by atoms with Crippen LogP contribution >= 0.6 is 27.5 Å². The van der Waals surface area contributed by atoms with Gasteiger partial charge in [-0.25, -0.2) is 9.97 Å². The molecule has 1 aromatic heterocycles. The number of fused-ring (bicyclic) bond motifs is 1. The molecule has 2 rings (SSSR count). The van der Waals surface area contributed by atoms with E-state index in [1.165, 1.54) is 12.1 Å². The summed E-state index contributed by atoms with van der Waals surface area (Å²) in [6, 6.07) is 3.03. The van der Waals surface area contributed by atoms with Gasteiger partial charge in [-0.3, -0.25) is 0 Å². The van der Waals surface area contributed by atoms with E-state index < -0.39 is 23.1 Å². The van der Waals surface area contributed by atoms with Gasteiger partial charge in [-0.15, -0.1) is 0 Å². The predicted molar refractivity (Wildman–Crippen MR) is 66.9 cm³/mol. The highest BCUT2D eigenvalue weighted by molar-refractivity contribution is 9.10. The van der Waals surface area contributed by atoms with E-state index in [0.29, 0.717) is 0 Å². The number of halogens is 7. The van der Waals surface area contributed by atoms with Gasteiger partial charge < -0.3 is 0 Å². The van der Waals surface area contributed by atoms with Gasteiger partial charge in [0.2, 0.25) is 5.82 Å². The second-order valence-electron chi connectivity index (χ2n) is 4.05. The zero-order valence-corrected chi connectivity index (χ0v) is 12.0. The summed E-state index contributed by atoms with van der Waals surface area (Å²) in [6.07, 6.45) is -5.79. The molecule has 0 aliphatic carbocycles. The van der Waals surface area contributed by atoms with Gasteiger partial charge in [0.1, 0.15) is 5.15 Å². The summed E-state index contributed by atoms with van der Waals surface area (Å²) in [7, 11) is 0. The van der Waals surface area contributed by atoms with Crippen LogP contribution in [-0.2, 0) is 5.92 Å². The van der Waals surface area contributed by atoms with Gasteiger partial charge >= 0.3 is 12.1 Å². The average Bonchev–Trinajstić information content (AvgIpc) is 2.28. The Morgan fingerprint density at radius 1 is 1.10 bits per heavy atom. The lowest BCUT2D eigenvalue weighted by Crippen LogP contribution is -2.35. The van der Waals surface area contributed by atoms with Crippen molar-refractivity contribution in [3.63, 3.8) is 0 Å². The summed E-state index contributed by atoms with van der Waals surface area (Å²) in [5.41, 5.74) is 0.625. The van der Waals surface area contributed by atoms with Gasteiger partial charge in [0.15, 0.2) is 0 Å². The van der Waals surface area contributed by atoms with Gasteiger partial charge in [0.05, 0.1) is 5.52 Å². The Morgan fingerprint density at radius 3 is 2.25 bits per heavy atom. The highest BCUT2D eigenvalue weighted by Gasteiger charge is 2.61. The van der Waals surface area contributed by atoms with Crippen molar-refractivity contribution in [2.45, 2.75) is 19.0 Å². The lowest BCUT2D eigenvalue weighted by atomic mass is 10.1. The summed E-state index contributed by atoms with van der Waals surface area (Å²) >= 11 is 8.75. The summed E-state index contributed by atoms with van der Waals surface area (Å²) in [4.78, 5) is 6.39. The monoisotopic (exact) mass is 374 g/mol. The van der Waals surface area contributed by atoms with E-state index in [1.807, 2.05) is 0 Å². The fourth-order valence-electron chi connectivity index (χ4n) is 1.56. The minimum atomic E-state index is -5.79. The third kappa shape index (κ3) is 2.46. The Morgan fingerprint density at radius 2 is 1.70 bits per heavy atom. The van der Waals surface area contributed by atoms with Crippen molar-refractivity contribution in [3.05, 3.63) is 33.1 Å². The number of aryl methyl sites for hydroxylation is 1. The third-order valence-electron chi connectivity index (χ3n) is 2.49. The Labute approximate surface area is 123 Å². The van der Waals surface area contributed by atoms with E-state index in [0.717, 1.165) is 5.56 Å². The van der Waals surface area contributed by atoms with Crippen molar-refractivity contribution in [1.82, 2.24) is 9.97 Å². The number of aromatic nitrogens is 2. The van der Waals surface area contributed by atoms with Crippen molar-refractivity contribution in [3.8, 4) is 0 Å². The molecule has 108 valence electrons. The second kappa shape index (κ2) is 4.77. The first-order valence-corrected chi connectivity index (χ1v) is 6.29. The lowest BCUT2D eigenvalue weighted by molar-refractivity contribution is -0.292. The molecule has 0 aliphatic heterocycles. The van der Waals surface area contributed by atoms with Gasteiger partial charge in [-0.05, 0) is 40.5 Å². The molecule has 2 aromatic rings. The zero-order valence-electron chi connectivity index (χ0n) is 9.69. The maximum atomic E-state index is 13.3. The standard InChI is InChI=1S/C11H5BrClF5N2/c1-4-2-5-7(6(12)3-4)19-9(20-8(5)13)10(14,15)11(16,17)18/h2-3H,1H3. The average molecular weight is 376 g/mol. The molecule has 0 bridgehead atoms. The Bertz CT molecular complexity index is 687. The quantitative estimate of drug-likeness (QED) is 0.517. The van der Waals surface area contributed by atoms with E-state index in [1.54, 1.807) is 6.92 Å². The first kappa shape index (κ1) is 15.4. The van der Waals surface area contributed by atoms with E-state index in [-0.39, 0.29) is 15.4 Å². The van der Waals surface area contributed by atoms with Crippen LogP contribution in [0.4, 0.5) is 22.0 Å². The van der Waals surface area contributed by atoms with Crippen LogP contribution in [0.2, 0.25) is 5.15 Å².